The lowest BCUT2D eigenvalue weighted by atomic mass is 10.0. The SMILES string of the molecule is Cl.O=C(NCc1ccccc1)N[C@@H]1CCNC[C@H]1O. The lowest BCUT2D eigenvalue weighted by Gasteiger charge is -2.29. The second-order valence-corrected chi connectivity index (χ2v) is 4.48. The van der Waals surface area contributed by atoms with Crippen LogP contribution in [0.5, 0.6) is 0 Å². The first-order valence-corrected chi connectivity index (χ1v) is 6.23. The van der Waals surface area contributed by atoms with E-state index in [0.717, 1.165) is 18.5 Å². The molecule has 1 aromatic carbocycles. The third-order valence-corrected chi connectivity index (χ3v) is 3.06. The molecule has 1 heterocycles. The molecule has 4 N–H and O–H groups in total. The molecule has 0 saturated carbocycles. The van der Waals surface area contributed by atoms with Gasteiger partial charge >= 0.3 is 6.03 Å². The second-order valence-electron chi connectivity index (χ2n) is 4.48. The van der Waals surface area contributed by atoms with E-state index in [2.05, 4.69) is 16.0 Å². The molecular weight excluding hydrogens is 266 g/mol. The molecule has 1 aliphatic rings. The molecule has 0 radical (unpaired) electrons. The van der Waals surface area contributed by atoms with Crippen LogP contribution in [0.4, 0.5) is 4.79 Å². The lowest BCUT2D eigenvalue weighted by Crippen LogP contribution is -2.54. The number of hydrogen-bond acceptors (Lipinski definition) is 3. The summed E-state index contributed by atoms with van der Waals surface area (Å²) in [6.45, 7) is 1.85. The van der Waals surface area contributed by atoms with Crippen molar-refractivity contribution in [3.8, 4) is 0 Å². The Kier molecular flexibility index (Phi) is 6.62. The molecule has 0 unspecified atom stereocenters. The number of carbonyl (C=O) groups excluding carboxylic acids is 1. The Bertz CT molecular complexity index is 389. The number of piperidine rings is 1. The van der Waals surface area contributed by atoms with Gasteiger partial charge in [-0.05, 0) is 18.5 Å². The van der Waals surface area contributed by atoms with Gasteiger partial charge in [0.25, 0.3) is 0 Å². The maximum Gasteiger partial charge on any atom is 0.315 e. The van der Waals surface area contributed by atoms with Gasteiger partial charge in [0.1, 0.15) is 0 Å². The molecule has 106 valence electrons. The van der Waals surface area contributed by atoms with Gasteiger partial charge in [0.05, 0.1) is 12.1 Å². The summed E-state index contributed by atoms with van der Waals surface area (Å²) in [6.07, 6.45) is 0.237. The van der Waals surface area contributed by atoms with Gasteiger partial charge in [0.2, 0.25) is 0 Å². The van der Waals surface area contributed by atoms with Gasteiger partial charge < -0.3 is 21.1 Å². The Morgan fingerprint density at radius 1 is 1.37 bits per heavy atom. The molecular formula is C13H20ClN3O2. The van der Waals surface area contributed by atoms with E-state index in [1.807, 2.05) is 30.3 Å². The number of β-amino-alcohol motifs (C(OH)–C–C–N with tert-alkyl or cyclic N) is 1. The molecule has 0 aromatic heterocycles. The average Bonchev–Trinajstić information content (AvgIpc) is 2.40. The predicted molar refractivity (Wildman–Crippen MR) is 76.3 cm³/mol. The van der Waals surface area contributed by atoms with Gasteiger partial charge in [-0.2, -0.15) is 0 Å². The summed E-state index contributed by atoms with van der Waals surface area (Å²) in [5.74, 6) is 0. The van der Waals surface area contributed by atoms with Gasteiger partial charge in [0.15, 0.2) is 0 Å². The van der Waals surface area contributed by atoms with Crippen molar-refractivity contribution in [2.75, 3.05) is 13.1 Å². The van der Waals surface area contributed by atoms with Crippen LogP contribution in [-0.4, -0.2) is 36.4 Å². The lowest BCUT2D eigenvalue weighted by molar-refractivity contribution is 0.106. The zero-order valence-electron chi connectivity index (χ0n) is 10.6. The zero-order chi connectivity index (χ0) is 12.8. The Labute approximate surface area is 119 Å². The summed E-state index contributed by atoms with van der Waals surface area (Å²) in [5.41, 5.74) is 1.05. The highest BCUT2D eigenvalue weighted by molar-refractivity contribution is 5.85. The number of rotatable bonds is 3. The summed E-state index contributed by atoms with van der Waals surface area (Å²) < 4.78 is 0. The summed E-state index contributed by atoms with van der Waals surface area (Å²) >= 11 is 0. The quantitative estimate of drug-likeness (QED) is 0.658. The van der Waals surface area contributed by atoms with Crippen molar-refractivity contribution in [1.29, 1.82) is 0 Å². The predicted octanol–water partition coefficient (Wildman–Crippen LogP) is 0.630. The molecule has 2 amide bonds. The van der Waals surface area contributed by atoms with E-state index in [0.29, 0.717) is 13.1 Å². The fourth-order valence-electron chi connectivity index (χ4n) is 2.01. The highest BCUT2D eigenvalue weighted by Gasteiger charge is 2.23. The largest absolute Gasteiger partial charge is 0.390 e. The molecule has 6 heteroatoms. The van der Waals surface area contributed by atoms with E-state index in [-0.39, 0.29) is 24.5 Å². The van der Waals surface area contributed by atoms with E-state index in [1.165, 1.54) is 0 Å². The van der Waals surface area contributed by atoms with E-state index >= 15 is 0 Å². The first-order chi connectivity index (χ1) is 8.75. The van der Waals surface area contributed by atoms with E-state index < -0.39 is 6.10 Å². The number of amides is 2. The highest BCUT2D eigenvalue weighted by atomic mass is 35.5. The molecule has 0 aliphatic carbocycles. The number of hydrogen-bond donors (Lipinski definition) is 4. The van der Waals surface area contributed by atoms with Crippen molar-refractivity contribution in [3.63, 3.8) is 0 Å². The van der Waals surface area contributed by atoms with Crippen LogP contribution in [0.25, 0.3) is 0 Å². The summed E-state index contributed by atoms with van der Waals surface area (Å²) in [6, 6.07) is 9.33. The van der Waals surface area contributed by atoms with Crippen LogP contribution in [-0.2, 0) is 6.54 Å². The Morgan fingerprint density at radius 3 is 2.79 bits per heavy atom. The average molecular weight is 286 g/mol. The zero-order valence-corrected chi connectivity index (χ0v) is 11.5. The van der Waals surface area contributed by atoms with E-state index in [1.54, 1.807) is 0 Å². The highest BCUT2D eigenvalue weighted by Crippen LogP contribution is 2.03. The number of benzene rings is 1. The Hall–Kier alpha value is -1.30. The van der Waals surface area contributed by atoms with Crippen molar-refractivity contribution in [2.24, 2.45) is 0 Å². The summed E-state index contributed by atoms with van der Waals surface area (Å²) in [5, 5.41) is 18.4. The van der Waals surface area contributed by atoms with Crippen LogP contribution >= 0.6 is 12.4 Å². The molecule has 0 spiro atoms. The van der Waals surface area contributed by atoms with E-state index in [9.17, 15) is 9.90 Å². The van der Waals surface area contributed by atoms with Crippen LogP contribution < -0.4 is 16.0 Å². The van der Waals surface area contributed by atoms with Gasteiger partial charge in [-0.3, -0.25) is 0 Å². The molecule has 19 heavy (non-hydrogen) atoms. The smallest absolute Gasteiger partial charge is 0.315 e. The maximum atomic E-state index is 11.7. The minimum Gasteiger partial charge on any atom is -0.390 e. The van der Waals surface area contributed by atoms with Crippen molar-refractivity contribution in [1.82, 2.24) is 16.0 Å². The number of aliphatic hydroxyl groups excluding tert-OH is 1. The number of nitrogens with one attached hydrogen (secondary N) is 3. The number of halogens is 1. The topological polar surface area (TPSA) is 73.4 Å². The monoisotopic (exact) mass is 285 g/mol. The van der Waals surface area contributed by atoms with Crippen LogP contribution in [0.1, 0.15) is 12.0 Å². The molecule has 2 atom stereocenters. The second kappa shape index (κ2) is 7.99. The molecule has 2 rings (SSSR count). The van der Waals surface area contributed by atoms with Gasteiger partial charge in [-0.1, -0.05) is 30.3 Å². The van der Waals surface area contributed by atoms with Crippen molar-refractivity contribution < 1.29 is 9.90 Å². The maximum absolute atomic E-state index is 11.7. The van der Waals surface area contributed by atoms with Crippen LogP contribution in [0.15, 0.2) is 30.3 Å². The molecule has 0 bridgehead atoms. The van der Waals surface area contributed by atoms with Gasteiger partial charge in [-0.25, -0.2) is 4.79 Å². The Morgan fingerprint density at radius 2 is 2.11 bits per heavy atom. The molecule has 1 fully saturated rings. The van der Waals surface area contributed by atoms with Crippen LogP contribution in [0.2, 0.25) is 0 Å². The fourth-order valence-corrected chi connectivity index (χ4v) is 2.01. The van der Waals surface area contributed by atoms with Crippen LogP contribution in [0.3, 0.4) is 0 Å². The standard InChI is InChI=1S/C13H19N3O2.ClH/c17-12-9-14-7-6-11(12)16-13(18)15-8-10-4-2-1-3-5-10;/h1-5,11-12,14,17H,6-9H2,(H2,15,16,18);1H/t11-,12-;/m1./s1. The Balaban J connectivity index is 0.00000180. The third-order valence-electron chi connectivity index (χ3n) is 3.06. The minimum absolute atomic E-state index is 0. The van der Waals surface area contributed by atoms with Crippen LogP contribution in [0, 0.1) is 0 Å². The first kappa shape index (κ1) is 15.8. The van der Waals surface area contributed by atoms with Crippen molar-refractivity contribution >= 4 is 18.4 Å². The normalized spacial score (nSPS) is 22.2. The fraction of sp³-hybridized carbons (Fsp3) is 0.462. The summed E-state index contributed by atoms with van der Waals surface area (Å²) in [7, 11) is 0. The van der Waals surface area contributed by atoms with Crippen molar-refractivity contribution in [2.45, 2.75) is 25.1 Å². The summed E-state index contributed by atoms with van der Waals surface area (Å²) in [4.78, 5) is 11.7. The number of urea groups is 1. The number of carbonyl (C=O) groups is 1. The van der Waals surface area contributed by atoms with Crippen molar-refractivity contribution in [3.05, 3.63) is 35.9 Å². The molecule has 1 aromatic rings. The van der Waals surface area contributed by atoms with Gasteiger partial charge in [0, 0.05) is 13.1 Å². The third kappa shape index (κ3) is 5.06. The first-order valence-electron chi connectivity index (χ1n) is 6.23. The number of aliphatic hydroxyl groups is 1. The minimum atomic E-state index is -0.513. The molecule has 1 saturated heterocycles. The van der Waals surface area contributed by atoms with Gasteiger partial charge in [-0.15, -0.1) is 12.4 Å². The molecule has 5 nitrogen and oxygen atoms in total. The van der Waals surface area contributed by atoms with E-state index in [4.69, 9.17) is 0 Å². The molecule has 1 aliphatic heterocycles.